The number of anilines is 1. The van der Waals surface area contributed by atoms with Crippen LogP contribution in [0.5, 0.6) is 0 Å². The summed E-state index contributed by atoms with van der Waals surface area (Å²) in [4.78, 5) is 3.79. The second kappa shape index (κ2) is 4.27. The van der Waals surface area contributed by atoms with Crippen molar-refractivity contribution in [3.63, 3.8) is 0 Å². The third-order valence-electron chi connectivity index (χ3n) is 2.39. The number of nitrogens with one attached hydrogen (secondary N) is 1. The Morgan fingerprint density at radius 2 is 2.06 bits per heavy atom. The molecule has 3 N–H and O–H groups in total. The van der Waals surface area contributed by atoms with Crippen molar-refractivity contribution in [2.24, 2.45) is 0 Å². The van der Waals surface area contributed by atoms with E-state index in [1.54, 1.807) is 6.92 Å². The molecule has 0 aliphatic rings. The molecule has 0 aromatic carbocycles. The van der Waals surface area contributed by atoms with Crippen LogP contribution >= 0.6 is 15.9 Å². The summed E-state index contributed by atoms with van der Waals surface area (Å²) >= 11 is 2.94. The lowest BCUT2D eigenvalue weighted by molar-refractivity contribution is -0.137. The number of H-pyrrole nitrogens is 1. The zero-order valence-corrected chi connectivity index (χ0v) is 10.7. The highest BCUT2D eigenvalue weighted by molar-refractivity contribution is 9.10. The number of halogens is 4. The van der Waals surface area contributed by atoms with Gasteiger partial charge in [-0.3, -0.25) is 5.10 Å². The highest BCUT2D eigenvalue weighted by Crippen LogP contribution is 2.39. The van der Waals surface area contributed by atoms with E-state index < -0.39 is 11.7 Å². The molecule has 0 bridgehead atoms. The summed E-state index contributed by atoms with van der Waals surface area (Å²) in [6, 6.07) is 0.921. The van der Waals surface area contributed by atoms with E-state index in [-0.39, 0.29) is 21.5 Å². The summed E-state index contributed by atoms with van der Waals surface area (Å²) in [6.07, 6.45) is -3.15. The van der Waals surface area contributed by atoms with Gasteiger partial charge in [-0.2, -0.15) is 18.3 Å². The molecule has 4 nitrogen and oxygen atoms in total. The van der Waals surface area contributed by atoms with E-state index in [9.17, 15) is 13.2 Å². The maximum absolute atomic E-state index is 13.0. The monoisotopic (exact) mass is 320 g/mol. The number of alkyl halides is 3. The van der Waals surface area contributed by atoms with Crippen LogP contribution < -0.4 is 5.73 Å². The number of rotatable bonds is 1. The van der Waals surface area contributed by atoms with Crippen LogP contribution in [-0.4, -0.2) is 15.2 Å². The normalized spacial score (nSPS) is 11.8. The first-order valence-corrected chi connectivity index (χ1v) is 5.64. The van der Waals surface area contributed by atoms with E-state index in [0.717, 1.165) is 6.07 Å². The van der Waals surface area contributed by atoms with Crippen molar-refractivity contribution in [3.8, 4) is 11.3 Å². The van der Waals surface area contributed by atoms with Crippen LogP contribution in [0, 0.1) is 6.92 Å². The molecule has 2 heterocycles. The van der Waals surface area contributed by atoms with E-state index in [1.165, 1.54) is 6.20 Å². The minimum atomic E-state index is -4.51. The van der Waals surface area contributed by atoms with Gasteiger partial charge in [0.1, 0.15) is 5.82 Å². The van der Waals surface area contributed by atoms with Crippen LogP contribution in [0.4, 0.5) is 19.0 Å². The topological polar surface area (TPSA) is 67.6 Å². The molecule has 0 spiro atoms. The van der Waals surface area contributed by atoms with Crippen molar-refractivity contribution in [2.75, 3.05) is 5.73 Å². The Hall–Kier alpha value is -1.57. The molecule has 2 aromatic heterocycles. The van der Waals surface area contributed by atoms with E-state index in [4.69, 9.17) is 5.73 Å². The van der Waals surface area contributed by atoms with E-state index in [1.807, 2.05) is 0 Å². The van der Waals surface area contributed by atoms with Crippen molar-refractivity contribution in [1.82, 2.24) is 15.2 Å². The molecule has 2 rings (SSSR count). The largest absolute Gasteiger partial charge is 0.418 e. The van der Waals surface area contributed by atoms with E-state index in [0.29, 0.717) is 5.69 Å². The summed E-state index contributed by atoms with van der Waals surface area (Å²) in [5.74, 6) is -0.00130. The molecule has 8 heteroatoms. The van der Waals surface area contributed by atoms with Crippen LogP contribution in [0.15, 0.2) is 16.7 Å². The molecule has 0 aliphatic carbocycles. The fraction of sp³-hybridized carbons (Fsp3) is 0.200. The van der Waals surface area contributed by atoms with Gasteiger partial charge in [0.2, 0.25) is 0 Å². The van der Waals surface area contributed by atoms with Gasteiger partial charge in [0, 0.05) is 11.8 Å². The number of nitrogen functional groups attached to an aromatic ring is 1. The Kier molecular flexibility index (Phi) is 3.05. The van der Waals surface area contributed by atoms with Crippen molar-refractivity contribution < 1.29 is 13.2 Å². The Morgan fingerprint density at radius 1 is 1.39 bits per heavy atom. The maximum atomic E-state index is 13.0. The number of nitrogens with two attached hydrogens (primary N) is 1. The maximum Gasteiger partial charge on any atom is 0.418 e. The molecule has 0 saturated heterocycles. The van der Waals surface area contributed by atoms with Gasteiger partial charge < -0.3 is 5.73 Å². The van der Waals surface area contributed by atoms with Gasteiger partial charge in [-0.1, -0.05) is 0 Å². The molecule has 0 amide bonds. The quantitative estimate of drug-likeness (QED) is 0.848. The molecular weight excluding hydrogens is 313 g/mol. The molecule has 0 saturated carbocycles. The number of hydrogen-bond acceptors (Lipinski definition) is 3. The molecule has 2 aromatic rings. The van der Waals surface area contributed by atoms with Crippen LogP contribution in [0.25, 0.3) is 11.3 Å². The predicted octanol–water partition coefficient (Wildman–Crippen LogP) is 3.14. The molecule has 0 radical (unpaired) electrons. The third-order valence-corrected chi connectivity index (χ3v) is 3.03. The van der Waals surface area contributed by atoms with Crippen LogP contribution in [0.3, 0.4) is 0 Å². The Balaban J connectivity index is 2.73. The first kappa shape index (κ1) is 12.9. The SMILES string of the molecule is Cc1n[nH]cc1-c1nc(N)c(Br)cc1C(F)(F)F. The average molecular weight is 321 g/mol. The Bertz CT molecular complexity index is 591. The predicted molar refractivity (Wildman–Crippen MR) is 63.7 cm³/mol. The fourth-order valence-electron chi connectivity index (χ4n) is 1.52. The number of aromatic nitrogens is 3. The summed E-state index contributed by atoms with van der Waals surface area (Å²) < 4.78 is 39.0. The molecule has 0 fully saturated rings. The molecule has 18 heavy (non-hydrogen) atoms. The number of aromatic amines is 1. The van der Waals surface area contributed by atoms with Crippen LogP contribution in [0.1, 0.15) is 11.3 Å². The Morgan fingerprint density at radius 3 is 2.56 bits per heavy atom. The van der Waals surface area contributed by atoms with Crippen molar-refractivity contribution >= 4 is 21.7 Å². The average Bonchev–Trinajstić information content (AvgIpc) is 2.66. The van der Waals surface area contributed by atoms with Crippen molar-refractivity contribution in [2.45, 2.75) is 13.1 Å². The van der Waals surface area contributed by atoms with Gasteiger partial charge in [-0.15, -0.1) is 0 Å². The van der Waals surface area contributed by atoms with Gasteiger partial charge in [-0.25, -0.2) is 4.98 Å². The summed E-state index contributed by atoms with van der Waals surface area (Å²) in [5.41, 5.74) is 5.16. The highest BCUT2D eigenvalue weighted by atomic mass is 79.9. The smallest absolute Gasteiger partial charge is 0.383 e. The van der Waals surface area contributed by atoms with E-state index in [2.05, 4.69) is 31.1 Å². The molecule has 0 unspecified atom stereocenters. The minimum absolute atomic E-state index is 0.00130. The van der Waals surface area contributed by atoms with Crippen LogP contribution in [0.2, 0.25) is 0 Å². The first-order chi connectivity index (χ1) is 8.30. The fourth-order valence-corrected chi connectivity index (χ4v) is 1.84. The second-order valence-corrected chi connectivity index (χ2v) is 4.49. The number of pyridine rings is 1. The zero-order chi connectivity index (χ0) is 13.5. The highest BCUT2D eigenvalue weighted by Gasteiger charge is 2.36. The van der Waals surface area contributed by atoms with Gasteiger partial charge in [0.15, 0.2) is 0 Å². The lowest BCUT2D eigenvalue weighted by Crippen LogP contribution is -2.10. The Labute approximate surface area is 109 Å². The molecule has 0 atom stereocenters. The molecular formula is C10H8BrF3N4. The summed E-state index contributed by atoms with van der Waals surface area (Å²) in [5, 5.41) is 6.28. The van der Waals surface area contributed by atoms with Gasteiger partial charge in [0.05, 0.1) is 21.4 Å². The molecule has 96 valence electrons. The first-order valence-electron chi connectivity index (χ1n) is 4.84. The standard InChI is InChI=1S/C10H8BrF3N4/c1-4-5(3-16-18-4)8-6(10(12,13)14)2-7(11)9(15)17-8/h2-3H,1H3,(H2,15,17)(H,16,18). The number of aryl methyl sites for hydroxylation is 1. The van der Waals surface area contributed by atoms with Gasteiger partial charge in [-0.05, 0) is 28.9 Å². The van der Waals surface area contributed by atoms with Crippen molar-refractivity contribution in [3.05, 3.63) is 28.0 Å². The van der Waals surface area contributed by atoms with E-state index >= 15 is 0 Å². The lowest BCUT2D eigenvalue weighted by Gasteiger charge is -2.13. The van der Waals surface area contributed by atoms with Gasteiger partial charge >= 0.3 is 6.18 Å². The summed E-state index contributed by atoms with van der Waals surface area (Å²) in [6.45, 7) is 1.59. The summed E-state index contributed by atoms with van der Waals surface area (Å²) in [7, 11) is 0. The van der Waals surface area contributed by atoms with Crippen LogP contribution in [-0.2, 0) is 6.18 Å². The number of hydrogen-bond donors (Lipinski definition) is 2. The van der Waals surface area contributed by atoms with Crippen molar-refractivity contribution in [1.29, 1.82) is 0 Å². The van der Waals surface area contributed by atoms with Gasteiger partial charge in [0.25, 0.3) is 0 Å². The second-order valence-electron chi connectivity index (χ2n) is 3.63. The minimum Gasteiger partial charge on any atom is -0.383 e. The zero-order valence-electron chi connectivity index (χ0n) is 9.14. The number of nitrogens with zero attached hydrogens (tertiary/aromatic N) is 2. The lowest BCUT2D eigenvalue weighted by atomic mass is 10.1. The molecule has 0 aliphatic heterocycles. The third kappa shape index (κ3) is 2.20.